The summed E-state index contributed by atoms with van der Waals surface area (Å²) >= 11 is 0. The van der Waals surface area contributed by atoms with E-state index in [4.69, 9.17) is 9.52 Å². The number of furan rings is 1. The maximum absolute atomic E-state index is 13.3. The van der Waals surface area contributed by atoms with E-state index in [-0.39, 0.29) is 11.4 Å². The van der Waals surface area contributed by atoms with Crippen molar-refractivity contribution in [3.8, 4) is 33.8 Å². The number of nitrogens with zero attached hydrogens (tertiary/aromatic N) is 1. The molecule has 0 atom stereocenters. The van der Waals surface area contributed by atoms with Gasteiger partial charge in [-0.2, -0.15) is 0 Å². The molecule has 134 valence electrons. The molecule has 4 nitrogen and oxygen atoms in total. The number of carbonyl (C=O) groups is 1. The van der Waals surface area contributed by atoms with Gasteiger partial charge in [0.25, 0.3) is 0 Å². The minimum atomic E-state index is -0.965. The first-order chi connectivity index (χ1) is 13.0. The Balaban J connectivity index is 1.91. The van der Waals surface area contributed by atoms with Crippen LogP contribution in [0.15, 0.2) is 77.4 Å². The molecule has 0 radical (unpaired) electrons. The van der Waals surface area contributed by atoms with Crippen molar-refractivity contribution in [3.05, 3.63) is 84.4 Å². The Morgan fingerprint density at radius 2 is 1.67 bits per heavy atom. The number of aromatic nitrogens is 1. The van der Waals surface area contributed by atoms with Gasteiger partial charge < -0.3 is 14.1 Å². The van der Waals surface area contributed by atoms with Crippen molar-refractivity contribution in [2.45, 2.75) is 0 Å². The van der Waals surface area contributed by atoms with Crippen LogP contribution in [0.2, 0.25) is 0 Å². The molecule has 0 fully saturated rings. The average Bonchev–Trinajstić information content (AvgIpc) is 3.30. The summed E-state index contributed by atoms with van der Waals surface area (Å²) in [6.07, 6.45) is 1.61. The Kier molecular flexibility index (Phi) is 4.12. The highest BCUT2D eigenvalue weighted by Gasteiger charge is 2.19. The number of hydrogen-bond acceptors (Lipinski definition) is 2. The van der Waals surface area contributed by atoms with Crippen LogP contribution in [0.4, 0.5) is 4.39 Å². The summed E-state index contributed by atoms with van der Waals surface area (Å²) in [5.41, 5.74) is 4.65. The third-order valence-electron chi connectivity index (χ3n) is 4.57. The fraction of sp³-hybridized carbons (Fsp3) is 0.0455. The van der Waals surface area contributed by atoms with Crippen LogP contribution in [0.1, 0.15) is 10.4 Å². The molecule has 0 bridgehead atoms. The summed E-state index contributed by atoms with van der Waals surface area (Å²) in [4.78, 5) is 11.1. The van der Waals surface area contributed by atoms with Gasteiger partial charge in [-0.05, 0) is 65.7 Å². The number of rotatable bonds is 4. The Hall–Kier alpha value is -3.60. The van der Waals surface area contributed by atoms with E-state index >= 15 is 0 Å². The third-order valence-corrected chi connectivity index (χ3v) is 4.57. The highest BCUT2D eigenvalue weighted by atomic mass is 19.1. The Morgan fingerprint density at radius 3 is 2.26 bits per heavy atom. The van der Waals surface area contributed by atoms with Crippen molar-refractivity contribution in [3.63, 3.8) is 0 Å². The average molecular weight is 361 g/mol. The Morgan fingerprint density at radius 1 is 1.00 bits per heavy atom. The topological polar surface area (TPSA) is 55.4 Å². The van der Waals surface area contributed by atoms with E-state index in [0.717, 1.165) is 28.1 Å². The molecular weight excluding hydrogens is 345 g/mol. The molecule has 5 heteroatoms. The highest BCUT2D eigenvalue weighted by Crippen LogP contribution is 2.38. The summed E-state index contributed by atoms with van der Waals surface area (Å²) in [7, 11) is 1.92. The van der Waals surface area contributed by atoms with Crippen molar-refractivity contribution in [1.29, 1.82) is 0 Å². The van der Waals surface area contributed by atoms with Crippen LogP contribution in [0, 0.1) is 5.82 Å². The molecule has 0 aliphatic carbocycles. The van der Waals surface area contributed by atoms with Crippen molar-refractivity contribution in [2.24, 2.45) is 7.05 Å². The van der Waals surface area contributed by atoms with E-state index in [1.165, 1.54) is 12.1 Å². The second-order valence-corrected chi connectivity index (χ2v) is 6.22. The van der Waals surface area contributed by atoms with Gasteiger partial charge in [0.15, 0.2) is 5.76 Å². The van der Waals surface area contributed by atoms with Gasteiger partial charge in [0.05, 0.1) is 17.5 Å². The lowest BCUT2D eigenvalue weighted by Gasteiger charge is -2.08. The first-order valence-corrected chi connectivity index (χ1v) is 8.38. The molecule has 2 aromatic carbocycles. The molecule has 0 saturated carbocycles. The van der Waals surface area contributed by atoms with Gasteiger partial charge in [-0.25, -0.2) is 9.18 Å². The van der Waals surface area contributed by atoms with E-state index in [9.17, 15) is 9.18 Å². The molecule has 0 unspecified atom stereocenters. The van der Waals surface area contributed by atoms with E-state index in [1.807, 2.05) is 29.8 Å². The molecular formula is C22H16FNO3. The SMILES string of the molecule is Cn1c(-c2ccc(F)cc2)cc(-c2ccc(C(=O)O)cc2)c1-c1ccco1. The van der Waals surface area contributed by atoms with Crippen LogP contribution in [0.3, 0.4) is 0 Å². The monoisotopic (exact) mass is 361 g/mol. The van der Waals surface area contributed by atoms with Crippen molar-refractivity contribution in [1.82, 2.24) is 4.57 Å². The van der Waals surface area contributed by atoms with Crippen LogP contribution in [-0.4, -0.2) is 15.6 Å². The van der Waals surface area contributed by atoms with Crippen molar-refractivity contribution >= 4 is 5.97 Å². The normalized spacial score (nSPS) is 10.9. The molecule has 27 heavy (non-hydrogen) atoms. The quantitative estimate of drug-likeness (QED) is 0.525. The zero-order chi connectivity index (χ0) is 19.0. The van der Waals surface area contributed by atoms with Gasteiger partial charge in [0.1, 0.15) is 5.82 Å². The standard InChI is InChI=1S/C22H16FNO3/c1-24-19(15-8-10-17(23)11-9-15)13-18(21(24)20-3-2-12-27-20)14-4-6-16(7-5-14)22(25)26/h2-13H,1H3,(H,25,26). The molecule has 0 amide bonds. The molecule has 4 aromatic rings. The molecule has 0 aliphatic rings. The van der Waals surface area contributed by atoms with Gasteiger partial charge in [-0.1, -0.05) is 12.1 Å². The van der Waals surface area contributed by atoms with Gasteiger partial charge in [-0.15, -0.1) is 0 Å². The van der Waals surface area contributed by atoms with Crippen LogP contribution < -0.4 is 0 Å². The summed E-state index contributed by atoms with van der Waals surface area (Å²) in [5, 5.41) is 9.12. The van der Waals surface area contributed by atoms with Gasteiger partial charge in [-0.3, -0.25) is 0 Å². The molecule has 2 heterocycles. The summed E-state index contributed by atoms with van der Waals surface area (Å²) in [6, 6.07) is 18.7. The summed E-state index contributed by atoms with van der Waals surface area (Å²) < 4.78 is 20.9. The lowest BCUT2D eigenvalue weighted by atomic mass is 10.0. The zero-order valence-corrected chi connectivity index (χ0v) is 14.5. The number of aromatic carboxylic acids is 1. The van der Waals surface area contributed by atoms with Gasteiger partial charge in [0, 0.05) is 18.3 Å². The number of carboxylic acid groups (broad SMARTS) is 1. The van der Waals surface area contributed by atoms with Gasteiger partial charge >= 0.3 is 5.97 Å². The highest BCUT2D eigenvalue weighted by molar-refractivity contribution is 5.90. The lowest BCUT2D eigenvalue weighted by Crippen LogP contribution is -1.96. The molecule has 0 saturated heterocycles. The molecule has 1 N–H and O–H groups in total. The number of carboxylic acids is 1. The number of benzene rings is 2. The third kappa shape index (κ3) is 3.04. The van der Waals surface area contributed by atoms with E-state index in [1.54, 1.807) is 42.7 Å². The predicted octanol–water partition coefficient (Wildman–Crippen LogP) is 5.46. The number of hydrogen-bond donors (Lipinski definition) is 1. The van der Waals surface area contributed by atoms with E-state index in [2.05, 4.69) is 0 Å². The maximum atomic E-state index is 13.3. The second-order valence-electron chi connectivity index (χ2n) is 6.22. The minimum Gasteiger partial charge on any atom is -0.478 e. The van der Waals surface area contributed by atoms with Crippen molar-refractivity contribution in [2.75, 3.05) is 0 Å². The largest absolute Gasteiger partial charge is 0.478 e. The van der Waals surface area contributed by atoms with Crippen LogP contribution >= 0.6 is 0 Å². The van der Waals surface area contributed by atoms with Gasteiger partial charge in [0.2, 0.25) is 0 Å². The molecule has 0 spiro atoms. The Bertz CT molecular complexity index is 1090. The molecule has 2 aromatic heterocycles. The smallest absolute Gasteiger partial charge is 0.335 e. The first-order valence-electron chi connectivity index (χ1n) is 8.38. The molecule has 0 aliphatic heterocycles. The molecule has 4 rings (SSSR count). The maximum Gasteiger partial charge on any atom is 0.335 e. The minimum absolute atomic E-state index is 0.230. The zero-order valence-electron chi connectivity index (χ0n) is 14.5. The second kappa shape index (κ2) is 6.61. The van der Waals surface area contributed by atoms with Crippen molar-refractivity contribution < 1.29 is 18.7 Å². The first kappa shape index (κ1) is 16.8. The van der Waals surface area contributed by atoms with E-state index in [0.29, 0.717) is 5.76 Å². The van der Waals surface area contributed by atoms with Crippen LogP contribution in [0.5, 0.6) is 0 Å². The predicted molar refractivity (Wildman–Crippen MR) is 101 cm³/mol. The summed E-state index contributed by atoms with van der Waals surface area (Å²) in [5.74, 6) is -0.556. The van der Waals surface area contributed by atoms with Crippen LogP contribution in [-0.2, 0) is 7.05 Å². The fourth-order valence-electron chi connectivity index (χ4n) is 3.22. The number of halogens is 1. The lowest BCUT2D eigenvalue weighted by molar-refractivity contribution is 0.0697. The fourth-order valence-corrected chi connectivity index (χ4v) is 3.22. The summed E-state index contributed by atoms with van der Waals surface area (Å²) in [6.45, 7) is 0. The Labute approximate surface area is 155 Å². The van der Waals surface area contributed by atoms with Crippen LogP contribution in [0.25, 0.3) is 33.8 Å². The van der Waals surface area contributed by atoms with E-state index < -0.39 is 5.97 Å².